The highest BCUT2D eigenvalue weighted by Crippen LogP contribution is 2.32. The summed E-state index contributed by atoms with van der Waals surface area (Å²) in [7, 11) is 0. The van der Waals surface area contributed by atoms with E-state index in [9.17, 15) is 4.79 Å². The molecule has 8 heteroatoms. The van der Waals surface area contributed by atoms with Gasteiger partial charge in [0, 0.05) is 50.3 Å². The second-order valence-corrected chi connectivity index (χ2v) is 10.4. The molecule has 0 spiro atoms. The molecule has 2 aromatic rings. The summed E-state index contributed by atoms with van der Waals surface area (Å²) >= 11 is 0. The number of hydrogen-bond acceptors (Lipinski definition) is 7. The van der Waals surface area contributed by atoms with E-state index in [1.165, 1.54) is 5.57 Å². The lowest BCUT2D eigenvalue weighted by Crippen LogP contribution is -2.35. The molecule has 1 unspecified atom stereocenters. The molecule has 2 saturated heterocycles. The van der Waals surface area contributed by atoms with Crippen molar-refractivity contribution in [2.75, 3.05) is 37.7 Å². The molecule has 2 aromatic heterocycles. The predicted molar refractivity (Wildman–Crippen MR) is 134 cm³/mol. The van der Waals surface area contributed by atoms with Gasteiger partial charge in [-0.3, -0.25) is 4.79 Å². The van der Waals surface area contributed by atoms with Gasteiger partial charge in [-0.1, -0.05) is 25.1 Å². The average Bonchev–Trinajstić information content (AvgIpc) is 3.61. The fraction of sp³-hybridized carbons (Fsp3) is 0.630. The number of nitrogens with zero attached hydrogens (tertiary/aromatic N) is 5. The molecule has 0 N–H and O–H groups in total. The van der Waals surface area contributed by atoms with Crippen LogP contribution in [0.3, 0.4) is 0 Å². The smallest absolute Gasteiger partial charge is 0.324 e. The van der Waals surface area contributed by atoms with Crippen LogP contribution in [0.15, 0.2) is 28.9 Å². The van der Waals surface area contributed by atoms with Gasteiger partial charge >= 0.3 is 6.01 Å². The zero-order valence-corrected chi connectivity index (χ0v) is 21.0. The van der Waals surface area contributed by atoms with E-state index in [0.717, 1.165) is 82.5 Å². The van der Waals surface area contributed by atoms with Crippen LogP contribution >= 0.6 is 0 Å². The molecule has 35 heavy (non-hydrogen) atoms. The van der Waals surface area contributed by atoms with Crippen LogP contribution in [0.4, 0.5) is 6.01 Å². The molecule has 3 aliphatic rings. The van der Waals surface area contributed by atoms with Crippen molar-refractivity contribution in [2.24, 2.45) is 11.8 Å². The number of hydrogen-bond donors (Lipinski definition) is 0. The lowest BCUT2D eigenvalue weighted by atomic mass is 9.86. The number of amides is 1. The Balaban J connectivity index is 1.07. The highest BCUT2D eigenvalue weighted by atomic mass is 16.5. The van der Waals surface area contributed by atoms with Crippen LogP contribution in [0.25, 0.3) is 5.57 Å². The van der Waals surface area contributed by atoms with E-state index in [0.29, 0.717) is 30.3 Å². The first-order valence-electron chi connectivity index (χ1n) is 13.2. The second-order valence-electron chi connectivity index (χ2n) is 10.4. The van der Waals surface area contributed by atoms with Crippen LogP contribution in [0.5, 0.6) is 5.88 Å². The van der Waals surface area contributed by atoms with Crippen LogP contribution in [0.1, 0.15) is 76.1 Å². The first kappa shape index (κ1) is 23.8. The molecule has 1 aliphatic carbocycles. The normalized spacial score (nSPS) is 21.5. The molecular weight excluding hydrogens is 442 g/mol. The van der Waals surface area contributed by atoms with Crippen molar-refractivity contribution in [2.45, 2.75) is 64.7 Å². The highest BCUT2D eigenvalue weighted by Gasteiger charge is 2.28. The zero-order valence-electron chi connectivity index (χ0n) is 21.0. The lowest BCUT2D eigenvalue weighted by molar-refractivity contribution is -0.134. The minimum Gasteiger partial charge on any atom is -0.477 e. The van der Waals surface area contributed by atoms with E-state index in [1.54, 1.807) is 0 Å². The van der Waals surface area contributed by atoms with Gasteiger partial charge in [-0.15, -0.1) is 0 Å². The van der Waals surface area contributed by atoms with E-state index in [4.69, 9.17) is 9.26 Å². The number of rotatable bonds is 7. The summed E-state index contributed by atoms with van der Waals surface area (Å²) in [4.78, 5) is 25.9. The minimum absolute atomic E-state index is 0.149. The van der Waals surface area contributed by atoms with Gasteiger partial charge in [-0.25, -0.2) is 4.98 Å². The van der Waals surface area contributed by atoms with Crippen molar-refractivity contribution in [3.8, 4) is 5.88 Å². The van der Waals surface area contributed by atoms with Gasteiger partial charge in [0.15, 0.2) is 5.82 Å². The molecule has 0 saturated carbocycles. The number of ether oxygens (including phenoxy) is 1. The Hall–Kier alpha value is -2.90. The molecule has 2 aliphatic heterocycles. The van der Waals surface area contributed by atoms with Gasteiger partial charge in [0.1, 0.15) is 0 Å². The number of anilines is 1. The van der Waals surface area contributed by atoms with Gasteiger partial charge in [-0.2, -0.15) is 4.98 Å². The summed E-state index contributed by atoms with van der Waals surface area (Å²) < 4.78 is 11.5. The maximum Gasteiger partial charge on any atom is 0.324 e. The van der Waals surface area contributed by atoms with Crippen molar-refractivity contribution in [1.29, 1.82) is 0 Å². The number of piperidine rings is 1. The summed E-state index contributed by atoms with van der Waals surface area (Å²) in [6.07, 6.45) is 11.2. The molecule has 0 radical (unpaired) electrons. The Morgan fingerprint density at radius 2 is 1.94 bits per heavy atom. The molecule has 188 valence electrons. The van der Waals surface area contributed by atoms with Crippen molar-refractivity contribution in [3.05, 3.63) is 35.8 Å². The maximum atomic E-state index is 12.7. The molecule has 0 aromatic carbocycles. The topological polar surface area (TPSA) is 84.6 Å². The summed E-state index contributed by atoms with van der Waals surface area (Å²) in [6, 6.07) is 4.70. The van der Waals surface area contributed by atoms with Crippen LogP contribution in [-0.4, -0.2) is 58.7 Å². The first-order chi connectivity index (χ1) is 17.1. The summed E-state index contributed by atoms with van der Waals surface area (Å²) in [5, 5.41) is 4.07. The van der Waals surface area contributed by atoms with Gasteiger partial charge in [-0.05, 0) is 68.1 Å². The van der Waals surface area contributed by atoms with E-state index in [-0.39, 0.29) is 11.8 Å². The van der Waals surface area contributed by atoms with Crippen molar-refractivity contribution in [3.63, 3.8) is 0 Å². The Kier molecular flexibility index (Phi) is 7.35. The molecule has 2 fully saturated rings. The average molecular weight is 480 g/mol. The Labute approximate surface area is 207 Å². The van der Waals surface area contributed by atoms with E-state index in [2.05, 4.69) is 50.9 Å². The SMILES string of the molecule is CC(C)c1noc(N2CCC(COc3ccc(C4=CCC(C(=O)N5CCCC5)CC4)cn3)CC2)n1. The highest BCUT2D eigenvalue weighted by molar-refractivity contribution is 5.81. The standard InChI is InChI=1S/C27H37N5O3/c1-19(2)25-29-27(35-30-25)32-15-11-20(12-16-32)18-34-24-10-9-23(17-28-24)21-5-7-22(8-6-21)26(33)31-13-3-4-14-31/h5,9-10,17,19-20,22H,3-4,6-8,11-16,18H2,1-2H3. The largest absolute Gasteiger partial charge is 0.477 e. The van der Waals surface area contributed by atoms with E-state index < -0.39 is 0 Å². The maximum absolute atomic E-state index is 12.7. The Morgan fingerprint density at radius 3 is 2.57 bits per heavy atom. The van der Waals surface area contributed by atoms with Crippen LogP contribution in [0, 0.1) is 11.8 Å². The van der Waals surface area contributed by atoms with Crippen molar-refractivity contribution < 1.29 is 14.1 Å². The molecule has 4 heterocycles. The number of allylic oxidation sites excluding steroid dienone is 2. The zero-order chi connectivity index (χ0) is 24.2. The summed E-state index contributed by atoms with van der Waals surface area (Å²) in [6.45, 7) is 8.48. The lowest BCUT2D eigenvalue weighted by Gasteiger charge is -2.30. The fourth-order valence-corrected chi connectivity index (χ4v) is 5.26. The first-order valence-corrected chi connectivity index (χ1v) is 13.2. The second kappa shape index (κ2) is 10.8. The minimum atomic E-state index is 0.149. The third-order valence-electron chi connectivity index (χ3n) is 7.58. The van der Waals surface area contributed by atoms with Crippen LogP contribution in [-0.2, 0) is 4.79 Å². The van der Waals surface area contributed by atoms with Crippen molar-refractivity contribution >= 4 is 17.5 Å². The number of carbonyl (C=O) groups is 1. The van der Waals surface area contributed by atoms with Crippen molar-refractivity contribution in [1.82, 2.24) is 20.0 Å². The number of aromatic nitrogens is 3. The Bertz CT molecular complexity index is 1020. The van der Waals surface area contributed by atoms with Gasteiger partial charge in [0.05, 0.1) is 6.61 Å². The third-order valence-corrected chi connectivity index (χ3v) is 7.58. The number of pyridine rings is 1. The number of likely N-dealkylation sites (tertiary alicyclic amines) is 1. The third kappa shape index (κ3) is 5.68. The van der Waals surface area contributed by atoms with Crippen LogP contribution in [0.2, 0.25) is 0 Å². The van der Waals surface area contributed by atoms with Crippen LogP contribution < -0.4 is 9.64 Å². The number of carbonyl (C=O) groups excluding carboxylic acids is 1. The monoisotopic (exact) mass is 479 g/mol. The van der Waals surface area contributed by atoms with Gasteiger partial charge in [0.25, 0.3) is 0 Å². The van der Waals surface area contributed by atoms with Gasteiger partial charge < -0.3 is 19.1 Å². The van der Waals surface area contributed by atoms with E-state index >= 15 is 0 Å². The molecule has 8 nitrogen and oxygen atoms in total. The molecule has 1 amide bonds. The molecule has 1 atom stereocenters. The molecule has 0 bridgehead atoms. The quantitative estimate of drug-likeness (QED) is 0.570. The van der Waals surface area contributed by atoms with Gasteiger partial charge in [0.2, 0.25) is 11.8 Å². The van der Waals surface area contributed by atoms with E-state index in [1.807, 2.05) is 12.3 Å². The Morgan fingerprint density at radius 1 is 1.14 bits per heavy atom. The summed E-state index contributed by atoms with van der Waals surface area (Å²) in [5.41, 5.74) is 2.43. The predicted octanol–water partition coefficient (Wildman–Crippen LogP) is 4.69. The fourth-order valence-electron chi connectivity index (χ4n) is 5.26. The summed E-state index contributed by atoms with van der Waals surface area (Å²) in [5.74, 6) is 2.70. The molecule has 5 rings (SSSR count). The molecular formula is C27H37N5O3.